The Morgan fingerprint density at radius 1 is 1.04 bits per heavy atom. The fourth-order valence-electron chi connectivity index (χ4n) is 5.98. The molecule has 3 aromatic rings. The fourth-order valence-corrected chi connectivity index (χ4v) is 7.41. The maximum Gasteiger partial charge on any atom is 0.408 e. The van der Waals surface area contributed by atoms with Crippen LogP contribution in [0.25, 0.3) is 11.3 Å². The molecule has 3 atom stereocenters. The van der Waals surface area contributed by atoms with Crippen LogP contribution in [0.2, 0.25) is 18.1 Å². The topological polar surface area (TPSA) is 109 Å². The van der Waals surface area contributed by atoms with Crippen molar-refractivity contribution in [3.63, 3.8) is 0 Å². The number of pyridine rings is 2. The molecule has 272 valence electrons. The normalized spacial score (nSPS) is 20.7. The number of nitrogens with zero attached hydrogens (tertiary/aromatic N) is 3. The van der Waals surface area contributed by atoms with Gasteiger partial charge in [0.25, 0.3) is 0 Å². The first kappa shape index (κ1) is 37.6. The van der Waals surface area contributed by atoms with Gasteiger partial charge in [-0.3, -0.25) is 4.98 Å². The quantitative estimate of drug-likeness (QED) is 0.192. The summed E-state index contributed by atoms with van der Waals surface area (Å²) in [7, 11) is -2.21. The molecule has 2 aliphatic rings. The van der Waals surface area contributed by atoms with Crippen molar-refractivity contribution < 1.29 is 32.2 Å². The Kier molecular flexibility index (Phi) is 10.4. The number of carbonyl (C=O) groups is 1. The van der Waals surface area contributed by atoms with Gasteiger partial charge < -0.3 is 29.8 Å². The monoisotopic (exact) mass is 713 g/mol. The SMILES string of the molecule is C[C@H]1CN(c2ccncc2NCc2ccc(F)c(-c3c(F)cc(C4(O)CC4)cc3F)n2)C[C@@H](NC(=O)OC(C)(C)C)[C@@H]1O[Si](C)(C)C(C)(C)C. The zero-order valence-corrected chi connectivity index (χ0v) is 31.5. The lowest BCUT2D eigenvalue weighted by molar-refractivity contribution is 0.0336. The number of aromatic nitrogens is 2. The first-order valence-electron chi connectivity index (χ1n) is 17.2. The molecule has 0 radical (unpaired) electrons. The van der Waals surface area contributed by atoms with Gasteiger partial charge in [0.05, 0.1) is 53.1 Å². The van der Waals surface area contributed by atoms with Crippen molar-refractivity contribution in [1.29, 1.82) is 0 Å². The van der Waals surface area contributed by atoms with E-state index in [1.165, 1.54) is 6.07 Å². The van der Waals surface area contributed by atoms with Crippen LogP contribution < -0.4 is 15.5 Å². The van der Waals surface area contributed by atoms with Crippen molar-refractivity contribution in [3.05, 3.63) is 71.4 Å². The molecule has 1 amide bonds. The number of hydrogen-bond acceptors (Lipinski definition) is 8. The summed E-state index contributed by atoms with van der Waals surface area (Å²) >= 11 is 0. The molecule has 3 heterocycles. The van der Waals surface area contributed by atoms with Gasteiger partial charge in [0.1, 0.15) is 28.7 Å². The molecule has 1 saturated heterocycles. The molecule has 0 bridgehead atoms. The molecule has 9 nitrogen and oxygen atoms in total. The Hall–Kier alpha value is -3.68. The van der Waals surface area contributed by atoms with Crippen molar-refractivity contribution in [2.24, 2.45) is 5.92 Å². The van der Waals surface area contributed by atoms with E-state index in [4.69, 9.17) is 9.16 Å². The van der Waals surface area contributed by atoms with Gasteiger partial charge in [-0.1, -0.05) is 27.7 Å². The molecule has 2 fully saturated rings. The predicted molar refractivity (Wildman–Crippen MR) is 191 cm³/mol. The highest BCUT2D eigenvalue weighted by Crippen LogP contribution is 2.46. The molecule has 1 aliphatic heterocycles. The van der Waals surface area contributed by atoms with Crippen molar-refractivity contribution in [3.8, 4) is 11.3 Å². The van der Waals surface area contributed by atoms with Crippen LogP contribution in [-0.2, 0) is 21.3 Å². The number of hydrogen-bond donors (Lipinski definition) is 3. The molecule has 13 heteroatoms. The van der Waals surface area contributed by atoms with Crippen LogP contribution in [-0.4, -0.2) is 60.3 Å². The highest BCUT2D eigenvalue weighted by atomic mass is 28.4. The summed E-state index contributed by atoms with van der Waals surface area (Å²) in [6, 6.07) is 6.16. The van der Waals surface area contributed by atoms with Gasteiger partial charge in [0.15, 0.2) is 8.32 Å². The number of aliphatic hydroxyl groups is 1. The molecule has 50 heavy (non-hydrogen) atoms. The largest absolute Gasteiger partial charge is 0.444 e. The van der Waals surface area contributed by atoms with Crippen molar-refractivity contribution in [2.45, 2.75) is 109 Å². The zero-order valence-electron chi connectivity index (χ0n) is 30.5. The Morgan fingerprint density at radius 3 is 2.30 bits per heavy atom. The Labute approximate surface area is 294 Å². The Morgan fingerprint density at radius 2 is 1.70 bits per heavy atom. The molecule has 2 aromatic heterocycles. The summed E-state index contributed by atoms with van der Waals surface area (Å²) < 4.78 is 57.8. The van der Waals surface area contributed by atoms with E-state index in [2.05, 4.69) is 66.3 Å². The number of piperidine rings is 1. The first-order valence-corrected chi connectivity index (χ1v) is 20.1. The van der Waals surface area contributed by atoms with Gasteiger partial charge in [0.2, 0.25) is 0 Å². The second-order valence-corrected chi connectivity index (χ2v) is 21.0. The minimum Gasteiger partial charge on any atom is -0.444 e. The summed E-state index contributed by atoms with van der Waals surface area (Å²) in [5, 5.41) is 16.7. The number of rotatable bonds is 9. The summed E-state index contributed by atoms with van der Waals surface area (Å²) in [5.41, 5.74) is -0.987. The summed E-state index contributed by atoms with van der Waals surface area (Å²) in [6.45, 7) is 19.7. The number of halogens is 3. The maximum atomic E-state index is 15.1. The van der Waals surface area contributed by atoms with Gasteiger partial charge in [-0.15, -0.1) is 0 Å². The number of alkyl carbamates (subject to hydrolysis) is 1. The molecule has 0 spiro atoms. The molecule has 1 aromatic carbocycles. The molecule has 0 unspecified atom stereocenters. The van der Waals surface area contributed by atoms with Crippen LogP contribution in [0.4, 0.5) is 29.3 Å². The molecular formula is C37H50F3N5O4Si. The van der Waals surface area contributed by atoms with Gasteiger partial charge >= 0.3 is 6.09 Å². The van der Waals surface area contributed by atoms with Crippen molar-refractivity contribution >= 4 is 25.8 Å². The van der Waals surface area contributed by atoms with E-state index in [-0.39, 0.29) is 35.2 Å². The lowest BCUT2D eigenvalue weighted by Crippen LogP contribution is -2.62. The van der Waals surface area contributed by atoms with Gasteiger partial charge in [-0.2, -0.15) is 0 Å². The number of ether oxygens (including phenoxy) is 1. The van der Waals surface area contributed by atoms with Crippen LogP contribution in [0.5, 0.6) is 0 Å². The van der Waals surface area contributed by atoms with E-state index >= 15 is 8.78 Å². The number of benzene rings is 1. The van der Waals surface area contributed by atoms with E-state index in [1.54, 1.807) is 12.4 Å². The molecule has 1 saturated carbocycles. The summed E-state index contributed by atoms with van der Waals surface area (Å²) in [6.07, 6.45) is 3.41. The van der Waals surface area contributed by atoms with E-state index in [9.17, 15) is 14.3 Å². The van der Waals surface area contributed by atoms with Crippen LogP contribution in [0.1, 0.15) is 72.6 Å². The average Bonchev–Trinajstić information content (AvgIpc) is 3.75. The Bertz CT molecular complexity index is 1700. The third-order valence-electron chi connectivity index (χ3n) is 9.86. The summed E-state index contributed by atoms with van der Waals surface area (Å²) in [5.74, 6) is -2.82. The second kappa shape index (κ2) is 13.8. The fraction of sp³-hybridized carbons (Fsp3) is 0.541. The molecule has 1 aliphatic carbocycles. The van der Waals surface area contributed by atoms with Gasteiger partial charge in [0, 0.05) is 25.2 Å². The van der Waals surface area contributed by atoms with Gasteiger partial charge in [-0.05, 0) is 87.6 Å². The zero-order chi connectivity index (χ0) is 36.8. The minimum absolute atomic E-state index is 0.0250. The third-order valence-corrected chi connectivity index (χ3v) is 14.3. The standard InChI is InChI=1S/C37H50F3N5O4Si/c1-22-20-45(21-29(44-34(46)48-35(2,3)4)33(22)49-50(8,9)36(5,6)7)30-12-15-41-19-28(30)42-18-24-10-11-25(38)32(43-24)31-26(39)16-23(17-27(31)40)37(47)13-14-37/h10-12,15-17,19,22,29,33,42,47H,13-14,18,20-21H2,1-9H3,(H,44,46)/t22-,29+,33+/m0/s1. The molecule has 5 rings (SSSR count). The maximum absolute atomic E-state index is 15.1. The number of carbonyl (C=O) groups excluding carboxylic acids is 1. The van der Waals surface area contributed by atoms with E-state index < -0.39 is 54.3 Å². The predicted octanol–water partition coefficient (Wildman–Crippen LogP) is 7.89. The lowest BCUT2D eigenvalue weighted by atomic mass is 9.92. The highest BCUT2D eigenvalue weighted by molar-refractivity contribution is 6.74. The van der Waals surface area contributed by atoms with Crippen LogP contribution in [0.3, 0.4) is 0 Å². The van der Waals surface area contributed by atoms with Crippen LogP contribution in [0, 0.1) is 23.4 Å². The van der Waals surface area contributed by atoms with E-state index in [1.807, 2.05) is 26.8 Å². The molecular weight excluding hydrogens is 664 g/mol. The Balaban J connectivity index is 1.38. The van der Waals surface area contributed by atoms with E-state index in [0.717, 1.165) is 23.9 Å². The number of anilines is 2. The van der Waals surface area contributed by atoms with E-state index in [0.29, 0.717) is 37.3 Å². The molecule has 3 N–H and O–H groups in total. The van der Waals surface area contributed by atoms with Crippen molar-refractivity contribution in [2.75, 3.05) is 23.3 Å². The highest BCUT2D eigenvalue weighted by Gasteiger charge is 2.46. The summed E-state index contributed by atoms with van der Waals surface area (Å²) in [4.78, 5) is 23.8. The lowest BCUT2D eigenvalue weighted by Gasteiger charge is -2.48. The number of nitrogens with one attached hydrogen (secondary N) is 2. The average molecular weight is 714 g/mol. The van der Waals surface area contributed by atoms with Crippen LogP contribution >= 0.6 is 0 Å². The second-order valence-electron chi connectivity index (χ2n) is 16.2. The number of amides is 1. The van der Waals surface area contributed by atoms with Gasteiger partial charge in [-0.25, -0.2) is 22.9 Å². The first-order chi connectivity index (χ1) is 23.2. The smallest absolute Gasteiger partial charge is 0.408 e. The van der Waals surface area contributed by atoms with Crippen molar-refractivity contribution in [1.82, 2.24) is 15.3 Å². The third kappa shape index (κ3) is 8.43. The van der Waals surface area contributed by atoms with Crippen LogP contribution in [0.15, 0.2) is 42.7 Å². The minimum atomic E-state index is -2.21.